The SMILES string of the molecule is CC1=C(C(=O)OCC(C)C)C(c2ccc(Oc3ccc(Cl)cc3)cc2)NC(=O)N1. The van der Waals surface area contributed by atoms with E-state index in [1.165, 1.54) is 0 Å². The fraction of sp³-hybridized carbons (Fsp3) is 0.273. The van der Waals surface area contributed by atoms with E-state index in [1.807, 2.05) is 26.0 Å². The number of carbonyl (C=O) groups is 2. The van der Waals surface area contributed by atoms with Gasteiger partial charge in [-0.3, -0.25) is 0 Å². The van der Waals surface area contributed by atoms with E-state index in [0.29, 0.717) is 34.4 Å². The average molecular weight is 415 g/mol. The molecule has 29 heavy (non-hydrogen) atoms. The summed E-state index contributed by atoms with van der Waals surface area (Å²) in [5, 5.41) is 6.07. The second kappa shape index (κ2) is 9.01. The van der Waals surface area contributed by atoms with Crippen molar-refractivity contribution >= 4 is 23.6 Å². The van der Waals surface area contributed by atoms with Gasteiger partial charge in [-0.2, -0.15) is 0 Å². The van der Waals surface area contributed by atoms with Crippen LogP contribution in [-0.4, -0.2) is 18.6 Å². The molecular weight excluding hydrogens is 392 g/mol. The molecule has 1 aliphatic rings. The second-order valence-corrected chi connectivity index (χ2v) is 7.62. The first-order valence-electron chi connectivity index (χ1n) is 9.32. The van der Waals surface area contributed by atoms with E-state index >= 15 is 0 Å². The standard InChI is InChI=1S/C22H23ClN2O4/c1-13(2)12-28-21(26)19-14(3)24-22(27)25-20(19)15-4-8-17(9-5-15)29-18-10-6-16(23)7-11-18/h4-11,13,20H,12H2,1-3H3,(H2,24,25,27). The average Bonchev–Trinajstić information content (AvgIpc) is 2.68. The maximum absolute atomic E-state index is 12.6. The summed E-state index contributed by atoms with van der Waals surface area (Å²) in [6.07, 6.45) is 0. The minimum Gasteiger partial charge on any atom is -0.462 e. The number of nitrogens with one attached hydrogen (secondary N) is 2. The summed E-state index contributed by atoms with van der Waals surface area (Å²) in [5.41, 5.74) is 1.62. The number of rotatable bonds is 6. The highest BCUT2D eigenvalue weighted by molar-refractivity contribution is 6.30. The first-order valence-corrected chi connectivity index (χ1v) is 9.70. The van der Waals surface area contributed by atoms with Crippen molar-refractivity contribution in [1.29, 1.82) is 0 Å². The van der Waals surface area contributed by atoms with Crippen LogP contribution in [0.2, 0.25) is 5.02 Å². The molecule has 0 bridgehead atoms. The number of carbonyl (C=O) groups excluding carboxylic acids is 2. The summed E-state index contributed by atoms with van der Waals surface area (Å²) in [4.78, 5) is 24.6. The van der Waals surface area contributed by atoms with Gasteiger partial charge in [0.25, 0.3) is 0 Å². The molecule has 1 aliphatic heterocycles. The van der Waals surface area contributed by atoms with Gasteiger partial charge in [-0.1, -0.05) is 37.6 Å². The molecule has 2 aromatic rings. The first kappa shape index (κ1) is 20.7. The van der Waals surface area contributed by atoms with Crippen LogP contribution >= 0.6 is 11.6 Å². The summed E-state index contributed by atoms with van der Waals surface area (Å²) in [6.45, 7) is 5.93. The zero-order valence-electron chi connectivity index (χ0n) is 16.5. The van der Waals surface area contributed by atoms with E-state index in [1.54, 1.807) is 43.3 Å². The molecule has 0 saturated carbocycles. The quantitative estimate of drug-likeness (QED) is 0.655. The third kappa shape index (κ3) is 5.29. The van der Waals surface area contributed by atoms with Crippen molar-refractivity contribution in [2.24, 2.45) is 5.92 Å². The van der Waals surface area contributed by atoms with Gasteiger partial charge >= 0.3 is 12.0 Å². The highest BCUT2D eigenvalue weighted by Crippen LogP contribution is 2.30. The van der Waals surface area contributed by atoms with E-state index in [9.17, 15) is 9.59 Å². The Morgan fingerprint density at radius 1 is 1.07 bits per heavy atom. The Labute approximate surface area is 174 Å². The van der Waals surface area contributed by atoms with E-state index in [-0.39, 0.29) is 11.9 Å². The smallest absolute Gasteiger partial charge is 0.338 e. The molecule has 2 amide bonds. The largest absolute Gasteiger partial charge is 0.462 e. The Kier molecular flexibility index (Phi) is 6.44. The van der Waals surface area contributed by atoms with Gasteiger partial charge in [0.05, 0.1) is 18.2 Å². The van der Waals surface area contributed by atoms with Gasteiger partial charge in [0.15, 0.2) is 0 Å². The van der Waals surface area contributed by atoms with Crippen LogP contribution in [-0.2, 0) is 9.53 Å². The Hall–Kier alpha value is -2.99. The number of benzene rings is 2. The molecule has 0 aromatic heterocycles. The van der Waals surface area contributed by atoms with Gasteiger partial charge in [-0.05, 0) is 54.8 Å². The Balaban J connectivity index is 1.80. The number of halogens is 1. The number of urea groups is 1. The van der Waals surface area contributed by atoms with Crippen molar-refractivity contribution in [3.05, 3.63) is 70.4 Å². The normalized spacial score (nSPS) is 16.3. The molecule has 0 radical (unpaired) electrons. The Bertz CT molecular complexity index is 921. The lowest BCUT2D eigenvalue weighted by atomic mass is 9.95. The number of hydrogen-bond donors (Lipinski definition) is 2. The summed E-state index contributed by atoms with van der Waals surface area (Å²) >= 11 is 5.89. The molecule has 152 valence electrons. The van der Waals surface area contributed by atoms with E-state index in [0.717, 1.165) is 5.56 Å². The highest BCUT2D eigenvalue weighted by atomic mass is 35.5. The molecule has 7 heteroatoms. The topological polar surface area (TPSA) is 76.7 Å². The second-order valence-electron chi connectivity index (χ2n) is 7.19. The summed E-state index contributed by atoms with van der Waals surface area (Å²) in [7, 11) is 0. The van der Waals surface area contributed by atoms with Crippen LogP contribution in [0.1, 0.15) is 32.4 Å². The maximum Gasteiger partial charge on any atom is 0.338 e. The molecule has 1 atom stereocenters. The van der Waals surface area contributed by atoms with Gasteiger partial charge in [-0.25, -0.2) is 9.59 Å². The number of amides is 2. The van der Waals surface area contributed by atoms with Crippen LogP contribution < -0.4 is 15.4 Å². The van der Waals surface area contributed by atoms with Crippen molar-refractivity contribution in [1.82, 2.24) is 10.6 Å². The molecule has 0 spiro atoms. The number of ether oxygens (including phenoxy) is 2. The summed E-state index contributed by atoms with van der Waals surface area (Å²) in [5.74, 6) is 1.05. The monoisotopic (exact) mass is 414 g/mol. The van der Waals surface area contributed by atoms with Crippen molar-refractivity contribution in [2.45, 2.75) is 26.8 Å². The van der Waals surface area contributed by atoms with E-state index in [2.05, 4.69) is 10.6 Å². The zero-order valence-corrected chi connectivity index (χ0v) is 17.2. The predicted octanol–water partition coefficient (Wildman–Crippen LogP) is 4.96. The Morgan fingerprint density at radius 2 is 1.66 bits per heavy atom. The van der Waals surface area contributed by atoms with Crippen LogP contribution in [0, 0.1) is 5.92 Å². The fourth-order valence-corrected chi connectivity index (χ4v) is 3.03. The van der Waals surface area contributed by atoms with Crippen LogP contribution in [0.4, 0.5) is 4.79 Å². The van der Waals surface area contributed by atoms with Crippen molar-refractivity contribution in [2.75, 3.05) is 6.61 Å². The minimum atomic E-state index is -0.604. The summed E-state index contributed by atoms with van der Waals surface area (Å²) < 4.78 is 11.2. The maximum atomic E-state index is 12.6. The number of hydrogen-bond acceptors (Lipinski definition) is 4. The van der Waals surface area contributed by atoms with E-state index in [4.69, 9.17) is 21.1 Å². The van der Waals surface area contributed by atoms with Crippen molar-refractivity contribution in [3.8, 4) is 11.5 Å². The van der Waals surface area contributed by atoms with Crippen LogP contribution in [0.5, 0.6) is 11.5 Å². The molecule has 6 nitrogen and oxygen atoms in total. The number of allylic oxidation sites excluding steroid dienone is 1. The van der Waals surface area contributed by atoms with Gasteiger partial charge in [0.2, 0.25) is 0 Å². The lowest BCUT2D eigenvalue weighted by molar-refractivity contribution is -0.140. The summed E-state index contributed by atoms with van der Waals surface area (Å²) in [6, 6.07) is 13.3. The van der Waals surface area contributed by atoms with Crippen molar-refractivity contribution in [3.63, 3.8) is 0 Å². The fourth-order valence-electron chi connectivity index (χ4n) is 2.90. The molecule has 0 aliphatic carbocycles. The molecule has 2 N–H and O–H groups in total. The predicted molar refractivity (Wildman–Crippen MR) is 111 cm³/mol. The molecule has 0 saturated heterocycles. The number of esters is 1. The van der Waals surface area contributed by atoms with Crippen LogP contribution in [0.15, 0.2) is 59.8 Å². The molecular formula is C22H23ClN2O4. The van der Waals surface area contributed by atoms with Crippen LogP contribution in [0.25, 0.3) is 0 Å². The van der Waals surface area contributed by atoms with Crippen molar-refractivity contribution < 1.29 is 19.1 Å². The molecule has 0 fully saturated rings. The first-order chi connectivity index (χ1) is 13.8. The van der Waals surface area contributed by atoms with Gasteiger partial charge in [0.1, 0.15) is 11.5 Å². The third-order valence-electron chi connectivity index (χ3n) is 4.30. The minimum absolute atomic E-state index is 0.216. The van der Waals surface area contributed by atoms with Crippen LogP contribution in [0.3, 0.4) is 0 Å². The van der Waals surface area contributed by atoms with Gasteiger partial charge < -0.3 is 20.1 Å². The lowest BCUT2D eigenvalue weighted by Gasteiger charge is -2.28. The van der Waals surface area contributed by atoms with E-state index < -0.39 is 12.0 Å². The molecule has 2 aromatic carbocycles. The zero-order chi connectivity index (χ0) is 21.0. The lowest BCUT2D eigenvalue weighted by Crippen LogP contribution is -2.45. The Morgan fingerprint density at radius 3 is 2.24 bits per heavy atom. The van der Waals surface area contributed by atoms with Gasteiger partial charge in [-0.15, -0.1) is 0 Å². The highest BCUT2D eigenvalue weighted by Gasteiger charge is 2.32. The molecule has 1 heterocycles. The van der Waals surface area contributed by atoms with Gasteiger partial charge in [0, 0.05) is 10.7 Å². The molecule has 1 unspecified atom stereocenters. The molecule has 3 rings (SSSR count). The third-order valence-corrected chi connectivity index (χ3v) is 4.55.